The second-order valence-corrected chi connectivity index (χ2v) is 5.66. The van der Waals surface area contributed by atoms with Crippen LogP contribution in [0.15, 0.2) is 18.3 Å². The lowest BCUT2D eigenvalue weighted by atomic mass is 9.83. The Hall–Kier alpha value is -1.62. The third kappa shape index (κ3) is 2.77. The third-order valence-electron chi connectivity index (χ3n) is 4.63. The molecule has 1 aromatic rings. The maximum absolute atomic E-state index is 11.0. The second-order valence-electron chi connectivity index (χ2n) is 5.66. The van der Waals surface area contributed by atoms with Crippen molar-refractivity contribution in [3.05, 3.63) is 24.0 Å². The normalized spacial score (nSPS) is 18.3. The molecule has 0 aromatic carbocycles. The lowest BCUT2D eigenvalue weighted by Crippen LogP contribution is -2.52. The summed E-state index contributed by atoms with van der Waals surface area (Å²) in [6.07, 6.45) is 4.92. The molecule has 0 aliphatic carbocycles. The van der Waals surface area contributed by atoms with E-state index in [1.165, 1.54) is 0 Å². The maximum Gasteiger partial charge on any atom is 0.354 e. The quantitative estimate of drug-likeness (QED) is 0.913. The monoisotopic (exact) mass is 277 g/mol. The highest BCUT2D eigenvalue weighted by Gasteiger charge is 2.34. The summed E-state index contributed by atoms with van der Waals surface area (Å²) in [5.41, 5.74) is 1.35. The number of carbonyl (C=O) groups is 1. The van der Waals surface area contributed by atoms with Crippen LogP contribution in [-0.4, -0.2) is 53.7 Å². The van der Waals surface area contributed by atoms with Gasteiger partial charge in [0.15, 0.2) is 0 Å². The first kappa shape index (κ1) is 14.8. The van der Waals surface area contributed by atoms with E-state index in [1.54, 1.807) is 12.3 Å². The molecule has 1 fully saturated rings. The summed E-state index contributed by atoms with van der Waals surface area (Å²) in [4.78, 5) is 19.4. The largest absolute Gasteiger partial charge is 0.477 e. The van der Waals surface area contributed by atoms with E-state index in [1.807, 2.05) is 6.07 Å². The van der Waals surface area contributed by atoms with E-state index in [9.17, 15) is 4.79 Å². The van der Waals surface area contributed by atoms with Crippen LogP contribution in [-0.2, 0) is 0 Å². The zero-order chi connectivity index (χ0) is 14.8. The molecule has 1 N–H and O–H groups in total. The lowest BCUT2D eigenvalue weighted by molar-refractivity contribution is 0.0690. The molecule has 0 saturated carbocycles. The summed E-state index contributed by atoms with van der Waals surface area (Å²) in [5, 5.41) is 9.01. The van der Waals surface area contributed by atoms with Gasteiger partial charge in [-0.05, 0) is 45.5 Å². The van der Waals surface area contributed by atoms with E-state index >= 15 is 0 Å². The molecule has 0 spiro atoms. The number of carboxylic acids is 1. The maximum atomic E-state index is 11.0. The predicted octanol–water partition coefficient (Wildman–Crippen LogP) is 2.09. The average molecular weight is 277 g/mol. The zero-order valence-corrected chi connectivity index (χ0v) is 12.5. The number of aromatic nitrogens is 1. The van der Waals surface area contributed by atoms with E-state index in [2.05, 4.69) is 35.8 Å². The Kier molecular flexibility index (Phi) is 4.28. The Labute approximate surface area is 120 Å². The van der Waals surface area contributed by atoms with Crippen LogP contribution in [0.2, 0.25) is 0 Å². The van der Waals surface area contributed by atoms with Crippen LogP contribution >= 0.6 is 0 Å². The van der Waals surface area contributed by atoms with Gasteiger partial charge in [-0.1, -0.05) is 6.92 Å². The van der Waals surface area contributed by atoms with Gasteiger partial charge >= 0.3 is 5.97 Å². The van der Waals surface area contributed by atoms with Gasteiger partial charge in [-0.25, -0.2) is 9.78 Å². The van der Waals surface area contributed by atoms with Gasteiger partial charge in [-0.2, -0.15) is 0 Å². The van der Waals surface area contributed by atoms with Gasteiger partial charge in [0.05, 0.1) is 0 Å². The fourth-order valence-corrected chi connectivity index (χ4v) is 3.03. The van der Waals surface area contributed by atoms with Crippen molar-refractivity contribution in [2.45, 2.75) is 31.7 Å². The highest BCUT2D eigenvalue weighted by Crippen LogP contribution is 2.32. The standard InChI is InChI=1S/C15H23N3O2/c1-4-15(17(2)3)6-9-18(10-7-15)12-5-8-16-13(11-12)14(19)20/h5,8,11H,4,6-7,9-10H2,1-3H3,(H,19,20). The molecule has 2 heterocycles. The number of piperidine rings is 1. The molecule has 2 rings (SSSR count). The molecule has 0 atom stereocenters. The molecule has 1 saturated heterocycles. The third-order valence-corrected chi connectivity index (χ3v) is 4.63. The first-order valence-electron chi connectivity index (χ1n) is 7.10. The molecule has 0 bridgehead atoms. The van der Waals surface area contributed by atoms with Gasteiger partial charge in [-0.15, -0.1) is 0 Å². The molecular formula is C15H23N3O2. The van der Waals surface area contributed by atoms with Crippen LogP contribution < -0.4 is 4.90 Å². The topological polar surface area (TPSA) is 56.7 Å². The van der Waals surface area contributed by atoms with Crippen LogP contribution in [0.1, 0.15) is 36.7 Å². The number of hydrogen-bond acceptors (Lipinski definition) is 4. The van der Waals surface area contributed by atoms with Crippen molar-refractivity contribution in [3.8, 4) is 0 Å². The smallest absolute Gasteiger partial charge is 0.354 e. The van der Waals surface area contributed by atoms with Crippen molar-refractivity contribution >= 4 is 11.7 Å². The summed E-state index contributed by atoms with van der Waals surface area (Å²) in [5.74, 6) is -0.972. The number of carboxylic acid groups (broad SMARTS) is 1. The van der Waals surface area contributed by atoms with Crippen LogP contribution in [0.4, 0.5) is 5.69 Å². The first-order valence-corrected chi connectivity index (χ1v) is 7.10. The van der Waals surface area contributed by atoms with Gasteiger partial charge in [0.25, 0.3) is 0 Å². The van der Waals surface area contributed by atoms with E-state index in [0.29, 0.717) is 0 Å². The van der Waals surface area contributed by atoms with Crippen molar-refractivity contribution in [1.29, 1.82) is 0 Å². The van der Waals surface area contributed by atoms with Crippen molar-refractivity contribution in [2.75, 3.05) is 32.1 Å². The van der Waals surface area contributed by atoms with Crippen LogP contribution in [0.3, 0.4) is 0 Å². The number of nitrogens with zero attached hydrogens (tertiary/aromatic N) is 3. The number of rotatable bonds is 4. The molecule has 1 aromatic heterocycles. The SMILES string of the molecule is CCC1(N(C)C)CCN(c2ccnc(C(=O)O)c2)CC1. The van der Waals surface area contributed by atoms with Gasteiger partial charge in [0.1, 0.15) is 5.69 Å². The van der Waals surface area contributed by atoms with Crippen LogP contribution in [0.25, 0.3) is 0 Å². The minimum atomic E-state index is -0.972. The minimum absolute atomic E-state index is 0.113. The predicted molar refractivity (Wildman–Crippen MR) is 79.4 cm³/mol. The summed E-state index contributed by atoms with van der Waals surface area (Å²) < 4.78 is 0. The second kappa shape index (κ2) is 5.79. The summed E-state index contributed by atoms with van der Waals surface area (Å²) in [6, 6.07) is 3.55. The molecule has 20 heavy (non-hydrogen) atoms. The van der Waals surface area contributed by atoms with Crippen molar-refractivity contribution in [3.63, 3.8) is 0 Å². The number of anilines is 1. The van der Waals surface area contributed by atoms with E-state index < -0.39 is 5.97 Å². The van der Waals surface area contributed by atoms with Crippen molar-refractivity contribution in [1.82, 2.24) is 9.88 Å². The Morgan fingerprint density at radius 3 is 2.60 bits per heavy atom. The van der Waals surface area contributed by atoms with E-state index in [4.69, 9.17) is 5.11 Å². The lowest BCUT2D eigenvalue weighted by Gasteiger charge is -2.46. The van der Waals surface area contributed by atoms with Crippen molar-refractivity contribution in [2.24, 2.45) is 0 Å². The summed E-state index contributed by atoms with van der Waals surface area (Å²) in [7, 11) is 4.29. The fraction of sp³-hybridized carbons (Fsp3) is 0.600. The molecule has 0 amide bonds. The molecular weight excluding hydrogens is 254 g/mol. The number of pyridine rings is 1. The average Bonchev–Trinajstić information content (AvgIpc) is 2.47. The molecule has 1 aliphatic rings. The Bertz CT molecular complexity index is 480. The van der Waals surface area contributed by atoms with Crippen molar-refractivity contribution < 1.29 is 9.90 Å². The van der Waals surface area contributed by atoms with E-state index in [-0.39, 0.29) is 11.2 Å². The van der Waals surface area contributed by atoms with Gasteiger partial charge < -0.3 is 14.9 Å². The number of aromatic carboxylic acids is 1. The van der Waals surface area contributed by atoms with Gasteiger partial charge in [-0.3, -0.25) is 0 Å². The Balaban J connectivity index is 2.11. The molecule has 5 heteroatoms. The Morgan fingerprint density at radius 1 is 1.45 bits per heavy atom. The molecule has 0 radical (unpaired) electrons. The molecule has 5 nitrogen and oxygen atoms in total. The van der Waals surface area contributed by atoms with Crippen LogP contribution in [0.5, 0.6) is 0 Å². The van der Waals surface area contributed by atoms with E-state index in [0.717, 1.165) is 38.0 Å². The highest BCUT2D eigenvalue weighted by atomic mass is 16.4. The summed E-state index contributed by atoms with van der Waals surface area (Å²) in [6.45, 7) is 4.15. The summed E-state index contributed by atoms with van der Waals surface area (Å²) >= 11 is 0. The zero-order valence-electron chi connectivity index (χ0n) is 12.5. The highest BCUT2D eigenvalue weighted by molar-refractivity contribution is 5.86. The Morgan fingerprint density at radius 2 is 2.10 bits per heavy atom. The minimum Gasteiger partial charge on any atom is -0.477 e. The molecule has 0 unspecified atom stereocenters. The fourth-order valence-electron chi connectivity index (χ4n) is 3.03. The molecule has 110 valence electrons. The number of hydrogen-bond donors (Lipinski definition) is 1. The molecule has 1 aliphatic heterocycles. The first-order chi connectivity index (χ1) is 9.48. The van der Waals surface area contributed by atoms with Crippen LogP contribution in [0, 0.1) is 0 Å². The van der Waals surface area contributed by atoms with Gasteiger partial charge in [0.2, 0.25) is 0 Å². The van der Waals surface area contributed by atoms with Gasteiger partial charge in [0, 0.05) is 30.5 Å².